The molecule has 0 fully saturated rings. The van der Waals surface area contributed by atoms with Crippen molar-refractivity contribution in [1.82, 2.24) is 68.5 Å². The molecule has 15 aromatic rings. The molecule has 9 heterocycles. The van der Waals surface area contributed by atoms with E-state index in [-0.39, 0.29) is 174 Å². The van der Waals surface area contributed by atoms with Crippen molar-refractivity contribution in [3.63, 3.8) is 0 Å². The van der Waals surface area contributed by atoms with Crippen LogP contribution in [0.4, 0.5) is 40.1 Å². The van der Waals surface area contributed by atoms with Gasteiger partial charge in [0.1, 0.15) is 1.37 Å². The van der Waals surface area contributed by atoms with Crippen LogP contribution in [0, 0.1) is 62.2 Å². The average molecular weight is 1460 g/mol. The van der Waals surface area contributed by atoms with E-state index < -0.39 is 168 Å². The first-order valence-electron chi connectivity index (χ1n) is 47.7. The van der Waals surface area contributed by atoms with Crippen molar-refractivity contribution in [2.75, 3.05) is 21.3 Å². The summed E-state index contributed by atoms with van der Waals surface area (Å²) < 4.78 is 264. The van der Waals surface area contributed by atoms with E-state index in [0.29, 0.717) is 16.8 Å². The Labute approximate surface area is 666 Å². The highest BCUT2D eigenvalue weighted by molar-refractivity contribution is 6.06. The predicted octanol–water partition coefficient (Wildman–Crippen LogP) is 16.4. The van der Waals surface area contributed by atoms with E-state index in [0.717, 1.165) is 16.3 Å². The monoisotopic (exact) mass is 1460 g/mol. The molecule has 0 aliphatic rings. The number of nitrogens with one attached hydrogen (secondary N) is 6. The lowest BCUT2D eigenvalue weighted by molar-refractivity contribution is 0.101. The van der Waals surface area contributed by atoms with Gasteiger partial charge in [0.05, 0.1) is 89.5 Å². The van der Waals surface area contributed by atoms with Crippen LogP contribution < -0.4 is 32.5 Å². The number of aromatic amines is 2. The van der Waals surface area contributed by atoms with Crippen LogP contribution in [-0.2, 0) is 0 Å². The van der Waals surface area contributed by atoms with E-state index in [1.807, 2.05) is 6.92 Å². The number of anilines is 5. The molecule has 3 amide bonds. The molecule has 6 aromatic carbocycles. The molecule has 6 N–H and O–H groups in total. The van der Waals surface area contributed by atoms with Crippen molar-refractivity contribution in [2.24, 2.45) is 9.98 Å². The van der Waals surface area contributed by atoms with Gasteiger partial charge in [0.2, 0.25) is 17.2 Å². The largest absolute Gasteiger partial charge is 0.324 e. The van der Waals surface area contributed by atoms with Gasteiger partial charge in [0.15, 0.2) is 0 Å². The topological polar surface area (TPSA) is 286 Å². The van der Waals surface area contributed by atoms with Gasteiger partial charge in [-0.15, -0.1) is 0 Å². The minimum absolute atomic E-state index is 0.0531. The van der Waals surface area contributed by atoms with Crippen molar-refractivity contribution in [1.29, 1.82) is 0 Å². The third-order valence-electron chi connectivity index (χ3n) is 14.7. The number of amides is 3. The van der Waals surface area contributed by atoms with Gasteiger partial charge < -0.3 is 44.9 Å². The average Bonchev–Trinajstić information content (AvgIpc) is 1.59. The van der Waals surface area contributed by atoms with Gasteiger partial charge >= 0.3 is 0 Å². The number of hydrogen-bond donors (Lipinski definition) is 6. The fraction of sp³-hybridized carbons (Fsp3) is 0.106. The number of pyridine rings is 3. The summed E-state index contributed by atoms with van der Waals surface area (Å²) in [6.45, 7) is 9.20. The van der Waals surface area contributed by atoms with Gasteiger partial charge in [-0.3, -0.25) is 29.3 Å². The number of nitrogens with zero attached hydrogens (tertiary/aromatic N) is 14. The maximum atomic E-state index is 13.8. The van der Waals surface area contributed by atoms with E-state index >= 15 is 0 Å². The molecule has 0 aliphatic heterocycles. The SMILES string of the molecule is [2H]c1nc(=Nc2c([2H])c(C(=O)Nc3c([2H])c(C)c([2H])c(-n4ccc(C)c4)c3[2H])c([2H])c([2H])c2C)[nH]c(-c2cccnc2)c1[2H].[2H]c1nc(=Nc2c([2H])c(C(=O)Nc3c([2H])c(C)c([2H])c(-n4cnc(C)c4)c3[2H])c([2H])c([2H])c2C)[nH]c(-c2cccnc2)c1[2H].[2H]c1nc([2H])c(-c2ccnc(Nc3c([2H])c(C(=O)Nc4c([2H])c(C)c([2H])c(-n5c([2H])nc(C)c5[2H])c4[2H])c([2H])c([2H])c3C([2H])([2H])[2H])n2)c([2H])c1[2H]. The molecule has 0 saturated heterocycles. The number of carbonyl (C=O) groups is 3. The molecule has 0 spiro atoms. The standard InChI is InChI=1S/C29H26N6O.2C28H25N7O/c1-19-9-12-35(18-19)25-14-20(2)13-24(16-25)32-28(36)22-7-6-21(3)27(15-22)34-29-31-11-8-26(33-29)23-5-4-10-30-17-23;2*1-18-11-23(14-24(12-18)35-16-20(3)31-17-35)32-27(36)21-7-6-19(2)26(13-21)34-28-30-10-8-25(33-28)22-5-4-9-29-15-22/h4-18H,1-3H3,(H,32,36)(H,31,33,34);2*4-17H,1-3H3,(H,32,36)(H,30,33,34)/i6D,7D,8D,11D,13D,14D,15D,16D;2D3,4D,5D,6D,7D,9D,11D,12D,13D,14D,15D,16D,17D;6D,7D,8D,10D,11D,12D,13D,14D. The quantitative estimate of drug-likeness (QED) is 0.0525. The summed E-state index contributed by atoms with van der Waals surface area (Å²) in [5.74, 6) is -3.77. The second kappa shape index (κ2) is 32.9. The summed E-state index contributed by atoms with van der Waals surface area (Å²) in [6.07, 6.45) is 10.9. The first-order chi connectivity index (χ1) is 65.3. The minimum Gasteiger partial charge on any atom is -0.324 e. The van der Waals surface area contributed by atoms with Crippen molar-refractivity contribution in [3.05, 3.63) is 341 Å². The van der Waals surface area contributed by atoms with Crippen LogP contribution in [-0.4, -0.2) is 86.2 Å². The van der Waals surface area contributed by atoms with Crippen LogP contribution in [0.3, 0.4) is 0 Å². The summed E-state index contributed by atoms with van der Waals surface area (Å²) in [5.41, 5.74) is -1.99. The van der Waals surface area contributed by atoms with Gasteiger partial charge in [-0.25, -0.2) is 39.9 Å². The Morgan fingerprint density at radius 1 is 0.481 bits per heavy atom. The summed E-state index contributed by atoms with van der Waals surface area (Å²) in [7, 11) is 0. The molecule has 9 aromatic heterocycles. The zero-order chi connectivity index (χ0) is 102. The molecule has 534 valence electrons. The Hall–Kier alpha value is -14.5. The molecule has 23 heteroatoms. The maximum absolute atomic E-state index is 13.8. The molecule has 0 saturated carbocycles. The van der Waals surface area contributed by atoms with Crippen LogP contribution in [0.1, 0.15) is 124 Å². The van der Waals surface area contributed by atoms with Crippen molar-refractivity contribution < 1.29 is 56.9 Å². The molecule has 23 nitrogen and oxygen atoms in total. The smallest absolute Gasteiger partial charge is 0.255 e. The normalized spacial score (nSPS) is 15.4. The molecule has 15 rings (SSSR count). The maximum Gasteiger partial charge on any atom is 0.255 e. The lowest BCUT2D eigenvalue weighted by Gasteiger charge is -2.13. The molecule has 108 heavy (non-hydrogen) atoms. The van der Waals surface area contributed by atoms with Crippen LogP contribution in [0.25, 0.3) is 50.8 Å². The molecular weight excluding hydrogens is 1350 g/mol. The lowest BCUT2D eigenvalue weighted by Crippen LogP contribution is -2.14. The van der Waals surface area contributed by atoms with Crippen LogP contribution >= 0.6 is 0 Å². The van der Waals surface area contributed by atoms with Gasteiger partial charge in [-0.1, -0.05) is 18.1 Å². The third kappa shape index (κ3) is 18.5. The molecule has 0 unspecified atom stereocenters. The summed E-state index contributed by atoms with van der Waals surface area (Å²) in [4.78, 5) is 91.2. The fourth-order valence-electron chi connectivity index (χ4n) is 9.69. The lowest BCUT2D eigenvalue weighted by atomic mass is 10.1. The number of imidazole rings is 2. The molecular formula is C85H76N20O3. The summed E-state index contributed by atoms with van der Waals surface area (Å²) >= 11 is 0. The minimum atomic E-state index is -3.13. The molecule has 0 aliphatic carbocycles. The van der Waals surface area contributed by atoms with Gasteiger partial charge in [-0.2, -0.15) is 0 Å². The fourth-order valence-corrected chi connectivity index (χ4v) is 9.69. The number of carbonyl (C=O) groups excluding carboxylic acids is 3. The second-order valence-electron chi connectivity index (χ2n) is 23.1. The molecule has 0 radical (unpaired) electrons. The van der Waals surface area contributed by atoms with Crippen LogP contribution in [0.5, 0.6) is 0 Å². The number of H-pyrrole nitrogens is 2. The Kier molecular flexibility index (Phi) is 13.1. The first kappa shape index (κ1) is 43.0. The van der Waals surface area contributed by atoms with Crippen molar-refractivity contribution >= 4 is 57.8 Å². The van der Waals surface area contributed by atoms with E-state index in [1.165, 1.54) is 70.9 Å². The summed E-state index contributed by atoms with van der Waals surface area (Å²) in [6, 6.07) is -0.470. The van der Waals surface area contributed by atoms with Crippen LogP contribution in [0.2, 0.25) is 0 Å². The van der Waals surface area contributed by atoms with Gasteiger partial charge in [0, 0.05) is 158 Å². The predicted molar refractivity (Wildman–Crippen MR) is 421 cm³/mol. The second-order valence-corrected chi connectivity index (χ2v) is 23.1. The molecule has 0 bridgehead atoms. The Balaban J connectivity index is 0.000000176. The number of aromatic nitrogens is 14. The number of aryl methyl sites for hydroxylation is 3. The zero-order valence-corrected chi connectivity index (χ0v) is 58.1. The Morgan fingerprint density at radius 3 is 1.53 bits per heavy atom. The number of hydrogen-bond acceptors (Lipinski definition) is 15. The Bertz CT molecular complexity index is 7510. The Morgan fingerprint density at radius 2 is 1.03 bits per heavy atom. The summed E-state index contributed by atoms with van der Waals surface area (Å²) in [5, 5.41) is 9.73. The molecule has 0 atom stereocenters. The highest BCUT2D eigenvalue weighted by Gasteiger charge is 2.16. The van der Waals surface area contributed by atoms with E-state index in [9.17, 15) is 14.4 Å². The van der Waals surface area contributed by atoms with E-state index in [1.54, 1.807) is 72.8 Å². The number of rotatable bonds is 16. The van der Waals surface area contributed by atoms with Crippen LogP contribution in [0.15, 0.2) is 272 Å². The van der Waals surface area contributed by atoms with Gasteiger partial charge in [0.25, 0.3) is 17.7 Å². The van der Waals surface area contributed by atoms with Gasteiger partial charge in [-0.05, 0) is 252 Å². The highest BCUT2D eigenvalue weighted by Crippen LogP contribution is 2.29. The number of benzene rings is 6. The first-order valence-corrected chi connectivity index (χ1v) is 32.2. The third-order valence-corrected chi connectivity index (χ3v) is 14.7. The van der Waals surface area contributed by atoms with Crippen molar-refractivity contribution in [2.45, 2.75) is 62.2 Å². The highest BCUT2D eigenvalue weighted by atomic mass is 16.2. The zero-order valence-electron chi connectivity index (χ0n) is 89.1. The van der Waals surface area contributed by atoms with Crippen molar-refractivity contribution in [3.8, 4) is 50.8 Å². The van der Waals surface area contributed by atoms with E-state index in [4.69, 9.17) is 42.5 Å². The van der Waals surface area contributed by atoms with E-state index in [2.05, 4.69) is 86.1 Å².